The number of hydrogen-bond donors (Lipinski definition) is 0. The van der Waals surface area contributed by atoms with Crippen LogP contribution in [-0.2, 0) is 9.53 Å². The Morgan fingerprint density at radius 3 is 2.24 bits per heavy atom. The van der Waals surface area contributed by atoms with E-state index in [-0.39, 0.29) is 5.97 Å². The first kappa shape index (κ1) is 17.5. The zero-order valence-corrected chi connectivity index (χ0v) is 14.2. The molecule has 0 aliphatic rings. The molecule has 0 amide bonds. The minimum absolute atomic E-state index is 0.111. The molecule has 0 radical (unpaired) electrons. The van der Waals surface area contributed by atoms with E-state index in [1.54, 1.807) is 0 Å². The Morgan fingerprint density at radius 2 is 1.71 bits per heavy atom. The molecule has 0 N–H and O–H groups in total. The summed E-state index contributed by atoms with van der Waals surface area (Å²) < 4.78 is 5.49. The molecule has 0 saturated heterocycles. The largest absolute Gasteiger partial charge is 0.461 e. The minimum atomic E-state index is -0.396. The number of rotatable bonds is 6. The van der Waals surface area contributed by atoms with Gasteiger partial charge in [0.05, 0.1) is 5.41 Å². The first-order valence-electron chi connectivity index (χ1n) is 7.68. The summed E-state index contributed by atoms with van der Waals surface area (Å²) in [5, 5.41) is 0. The van der Waals surface area contributed by atoms with E-state index < -0.39 is 5.41 Å². The van der Waals surface area contributed by atoms with Crippen molar-refractivity contribution >= 4 is 11.5 Å². The molecule has 0 aliphatic carbocycles. The molecule has 0 atom stereocenters. The van der Waals surface area contributed by atoms with Crippen LogP contribution in [0.25, 0.3) is 5.57 Å². The van der Waals surface area contributed by atoms with Crippen LogP contribution < -0.4 is 0 Å². The summed E-state index contributed by atoms with van der Waals surface area (Å²) in [6.07, 6.45) is 1.84. The number of aryl methyl sites for hydroxylation is 1. The smallest absolute Gasteiger partial charge is 0.311 e. The number of allylic oxidation sites excluding steroid dienone is 1. The molecule has 0 fully saturated rings. The summed E-state index contributed by atoms with van der Waals surface area (Å²) in [7, 11) is 0. The van der Waals surface area contributed by atoms with Crippen molar-refractivity contribution < 1.29 is 9.53 Å². The second kappa shape index (κ2) is 7.44. The van der Waals surface area contributed by atoms with Crippen molar-refractivity contribution in [1.82, 2.24) is 0 Å². The zero-order valence-electron chi connectivity index (χ0n) is 14.2. The quantitative estimate of drug-likeness (QED) is 0.676. The fourth-order valence-corrected chi connectivity index (χ4v) is 2.25. The monoisotopic (exact) mass is 288 g/mol. The first-order valence-corrected chi connectivity index (χ1v) is 7.68. The SMILES string of the molecule is CCCC(C)(C)C(=O)OC/C(C)=C(\C)c1ccc(C)cc1. The van der Waals surface area contributed by atoms with E-state index in [2.05, 4.69) is 45.0 Å². The Kier molecular flexibility index (Phi) is 6.19. The Hall–Kier alpha value is -1.57. The molecule has 0 unspecified atom stereocenters. The number of ether oxygens (including phenoxy) is 1. The van der Waals surface area contributed by atoms with Crippen molar-refractivity contribution in [2.24, 2.45) is 5.41 Å². The molecule has 0 aromatic heterocycles. The van der Waals surface area contributed by atoms with Gasteiger partial charge < -0.3 is 4.74 Å². The Morgan fingerprint density at radius 1 is 1.14 bits per heavy atom. The van der Waals surface area contributed by atoms with Gasteiger partial charge in [0.1, 0.15) is 6.61 Å². The Bertz CT molecular complexity index is 507. The van der Waals surface area contributed by atoms with E-state index >= 15 is 0 Å². The predicted molar refractivity (Wildman–Crippen MR) is 89.1 cm³/mol. The predicted octanol–water partition coefficient (Wildman–Crippen LogP) is 5.16. The molecular weight excluding hydrogens is 260 g/mol. The molecule has 1 aromatic rings. The fraction of sp³-hybridized carbons (Fsp3) is 0.526. The molecular formula is C19H28O2. The first-order chi connectivity index (χ1) is 9.77. The van der Waals surface area contributed by atoms with Gasteiger partial charge in [-0.2, -0.15) is 0 Å². The molecule has 2 heteroatoms. The summed E-state index contributed by atoms with van der Waals surface area (Å²) in [4.78, 5) is 12.1. The van der Waals surface area contributed by atoms with Crippen LogP contribution in [0.4, 0.5) is 0 Å². The average molecular weight is 288 g/mol. The summed E-state index contributed by atoms with van der Waals surface area (Å²) in [6.45, 7) is 12.5. The van der Waals surface area contributed by atoms with Crippen molar-refractivity contribution in [1.29, 1.82) is 0 Å². The van der Waals surface area contributed by atoms with Crippen LogP contribution in [0.15, 0.2) is 29.8 Å². The van der Waals surface area contributed by atoms with Gasteiger partial charge >= 0.3 is 5.97 Å². The van der Waals surface area contributed by atoms with E-state index in [0.717, 1.165) is 18.4 Å². The molecule has 1 aromatic carbocycles. The zero-order chi connectivity index (χ0) is 16.0. The molecule has 0 bridgehead atoms. The lowest BCUT2D eigenvalue weighted by molar-refractivity contribution is -0.153. The number of benzene rings is 1. The van der Waals surface area contributed by atoms with Crippen LogP contribution in [0.2, 0.25) is 0 Å². The van der Waals surface area contributed by atoms with Gasteiger partial charge in [0.2, 0.25) is 0 Å². The van der Waals surface area contributed by atoms with Gasteiger partial charge in [-0.15, -0.1) is 0 Å². The van der Waals surface area contributed by atoms with Crippen molar-refractivity contribution in [2.45, 2.75) is 54.4 Å². The Balaban J connectivity index is 2.71. The van der Waals surface area contributed by atoms with E-state index in [1.165, 1.54) is 16.7 Å². The summed E-state index contributed by atoms with van der Waals surface area (Å²) in [5.74, 6) is -0.111. The topological polar surface area (TPSA) is 26.3 Å². The average Bonchev–Trinajstić information content (AvgIpc) is 2.44. The number of hydrogen-bond acceptors (Lipinski definition) is 2. The van der Waals surface area contributed by atoms with Gasteiger partial charge in [0, 0.05) is 0 Å². The fourth-order valence-electron chi connectivity index (χ4n) is 2.25. The maximum Gasteiger partial charge on any atom is 0.311 e. The van der Waals surface area contributed by atoms with Gasteiger partial charge in [-0.25, -0.2) is 0 Å². The van der Waals surface area contributed by atoms with Crippen LogP contribution in [0.5, 0.6) is 0 Å². The van der Waals surface area contributed by atoms with Crippen LogP contribution in [0.1, 0.15) is 58.6 Å². The molecule has 21 heavy (non-hydrogen) atoms. The highest BCUT2D eigenvalue weighted by molar-refractivity contribution is 5.76. The van der Waals surface area contributed by atoms with Crippen LogP contribution in [0.3, 0.4) is 0 Å². The third kappa shape index (κ3) is 5.04. The second-order valence-electron chi connectivity index (χ2n) is 6.48. The van der Waals surface area contributed by atoms with E-state index in [4.69, 9.17) is 4.74 Å². The molecule has 2 nitrogen and oxygen atoms in total. The lowest BCUT2D eigenvalue weighted by Gasteiger charge is -2.22. The molecule has 1 rings (SSSR count). The molecule has 116 valence electrons. The summed E-state index contributed by atoms with van der Waals surface area (Å²) in [6, 6.07) is 8.42. The van der Waals surface area contributed by atoms with Gasteiger partial charge in [-0.05, 0) is 57.7 Å². The highest BCUT2D eigenvalue weighted by Crippen LogP contribution is 2.25. The second-order valence-corrected chi connectivity index (χ2v) is 6.48. The number of carbonyl (C=O) groups is 1. The van der Waals surface area contributed by atoms with Crippen molar-refractivity contribution in [3.05, 3.63) is 41.0 Å². The summed E-state index contributed by atoms with van der Waals surface area (Å²) in [5.41, 5.74) is 4.31. The third-order valence-corrected chi connectivity index (χ3v) is 3.97. The Labute approximate surface area is 129 Å². The highest BCUT2D eigenvalue weighted by atomic mass is 16.5. The van der Waals surface area contributed by atoms with E-state index in [9.17, 15) is 4.79 Å². The lowest BCUT2D eigenvalue weighted by atomic mass is 9.88. The van der Waals surface area contributed by atoms with Gasteiger partial charge in [0.15, 0.2) is 0 Å². The van der Waals surface area contributed by atoms with E-state index in [0.29, 0.717) is 6.61 Å². The maximum atomic E-state index is 12.1. The normalized spacial score (nSPS) is 12.9. The lowest BCUT2D eigenvalue weighted by Crippen LogP contribution is -2.27. The minimum Gasteiger partial charge on any atom is -0.461 e. The van der Waals surface area contributed by atoms with Crippen molar-refractivity contribution in [3.8, 4) is 0 Å². The number of carbonyl (C=O) groups excluding carboxylic acids is 1. The molecule has 0 saturated carbocycles. The molecule has 0 aliphatic heterocycles. The van der Waals surface area contributed by atoms with Crippen molar-refractivity contribution in [2.75, 3.05) is 6.61 Å². The van der Waals surface area contributed by atoms with Crippen LogP contribution in [0, 0.1) is 12.3 Å². The van der Waals surface area contributed by atoms with Crippen LogP contribution in [-0.4, -0.2) is 12.6 Å². The standard InChI is InChI=1S/C19H28O2/c1-7-12-19(5,6)18(20)21-13-15(3)16(4)17-10-8-14(2)9-11-17/h8-11H,7,12-13H2,1-6H3/b16-15+. The van der Waals surface area contributed by atoms with Crippen molar-refractivity contribution in [3.63, 3.8) is 0 Å². The number of esters is 1. The van der Waals surface area contributed by atoms with Gasteiger partial charge in [-0.3, -0.25) is 4.79 Å². The van der Waals surface area contributed by atoms with Crippen LogP contribution >= 0.6 is 0 Å². The summed E-state index contributed by atoms with van der Waals surface area (Å²) >= 11 is 0. The third-order valence-electron chi connectivity index (χ3n) is 3.97. The van der Waals surface area contributed by atoms with Gasteiger partial charge in [-0.1, -0.05) is 43.2 Å². The highest BCUT2D eigenvalue weighted by Gasteiger charge is 2.28. The van der Waals surface area contributed by atoms with E-state index in [1.807, 2.05) is 20.8 Å². The maximum absolute atomic E-state index is 12.1. The molecule has 0 spiro atoms. The van der Waals surface area contributed by atoms with Gasteiger partial charge in [0.25, 0.3) is 0 Å². The molecule has 0 heterocycles.